The number of halogens is 3. The molecule has 9 heteroatoms. The first-order valence-corrected chi connectivity index (χ1v) is 10.9. The number of hydrogen-bond acceptors (Lipinski definition) is 4. The van der Waals surface area contributed by atoms with Crippen LogP contribution in [0.2, 0.25) is 0 Å². The maximum absolute atomic E-state index is 14.0. The van der Waals surface area contributed by atoms with Gasteiger partial charge in [0.05, 0.1) is 19.1 Å². The average Bonchev–Trinajstić information content (AvgIpc) is 3.24. The van der Waals surface area contributed by atoms with Crippen molar-refractivity contribution in [3.05, 3.63) is 98.9 Å². The van der Waals surface area contributed by atoms with Crippen LogP contribution < -0.4 is 5.56 Å². The first kappa shape index (κ1) is 24.1. The molecule has 0 unspecified atom stereocenters. The summed E-state index contributed by atoms with van der Waals surface area (Å²) in [6, 6.07) is 10.5. The van der Waals surface area contributed by atoms with E-state index in [1.54, 1.807) is 6.92 Å². The number of pyridine rings is 1. The van der Waals surface area contributed by atoms with E-state index in [2.05, 4.69) is 9.72 Å². The summed E-state index contributed by atoms with van der Waals surface area (Å²) in [6.45, 7) is 1.89. The van der Waals surface area contributed by atoms with E-state index in [4.69, 9.17) is 0 Å². The fourth-order valence-corrected chi connectivity index (χ4v) is 4.36. The Labute approximate surface area is 198 Å². The number of aromatic nitrogens is 2. The van der Waals surface area contributed by atoms with E-state index in [1.807, 2.05) is 30.5 Å². The SMILES string of the molecule is COC(=O)C[C@H](c1cc(F)c(F)c(F)c1)c1c(O)cc(C)n(CCc2c[nH]c3ccccc23)c1=O. The lowest BCUT2D eigenvalue weighted by atomic mass is 9.88. The fraction of sp³-hybridized carbons (Fsp3) is 0.231. The predicted molar refractivity (Wildman–Crippen MR) is 124 cm³/mol. The van der Waals surface area contributed by atoms with Gasteiger partial charge in [-0.25, -0.2) is 13.2 Å². The molecule has 0 saturated carbocycles. The topological polar surface area (TPSA) is 84.3 Å². The van der Waals surface area contributed by atoms with Crippen molar-refractivity contribution in [3.8, 4) is 5.75 Å². The minimum Gasteiger partial charge on any atom is -0.507 e. The molecule has 0 fully saturated rings. The van der Waals surface area contributed by atoms with Crippen LogP contribution in [-0.2, 0) is 22.5 Å². The second-order valence-corrected chi connectivity index (χ2v) is 8.28. The number of carbonyl (C=O) groups excluding carboxylic acids is 1. The summed E-state index contributed by atoms with van der Waals surface area (Å²) in [7, 11) is 1.12. The van der Waals surface area contributed by atoms with E-state index in [-0.39, 0.29) is 17.7 Å². The third-order valence-corrected chi connectivity index (χ3v) is 6.16. The molecule has 6 nitrogen and oxygen atoms in total. The van der Waals surface area contributed by atoms with E-state index >= 15 is 0 Å². The zero-order valence-electron chi connectivity index (χ0n) is 19.1. The van der Waals surface area contributed by atoms with Gasteiger partial charge in [-0.1, -0.05) is 18.2 Å². The molecule has 0 spiro atoms. The molecule has 4 rings (SSSR count). The van der Waals surface area contributed by atoms with Crippen LogP contribution in [-0.4, -0.2) is 27.7 Å². The van der Waals surface area contributed by atoms with Crippen molar-refractivity contribution < 1.29 is 27.8 Å². The number of aromatic amines is 1. The summed E-state index contributed by atoms with van der Waals surface area (Å²) in [5, 5.41) is 11.7. The summed E-state index contributed by atoms with van der Waals surface area (Å²) in [5.74, 6) is -7.09. The van der Waals surface area contributed by atoms with Crippen LogP contribution in [0.5, 0.6) is 5.75 Å². The number of nitrogens with one attached hydrogen (secondary N) is 1. The molecule has 0 amide bonds. The van der Waals surface area contributed by atoms with Crippen molar-refractivity contribution in [2.24, 2.45) is 0 Å². The van der Waals surface area contributed by atoms with E-state index in [0.29, 0.717) is 24.2 Å². The molecule has 35 heavy (non-hydrogen) atoms. The number of H-pyrrole nitrogens is 1. The van der Waals surface area contributed by atoms with Crippen LogP contribution in [0.15, 0.2) is 53.5 Å². The number of nitrogens with zero attached hydrogens (tertiary/aromatic N) is 1. The van der Waals surface area contributed by atoms with Crippen LogP contribution in [0.4, 0.5) is 13.2 Å². The first-order chi connectivity index (χ1) is 16.7. The molecule has 1 atom stereocenters. The third kappa shape index (κ3) is 4.66. The Balaban J connectivity index is 1.78. The molecule has 4 aromatic rings. The minimum absolute atomic E-state index is 0.175. The van der Waals surface area contributed by atoms with Crippen molar-refractivity contribution in [2.45, 2.75) is 32.2 Å². The molecule has 0 bridgehead atoms. The maximum atomic E-state index is 14.0. The summed E-state index contributed by atoms with van der Waals surface area (Å²) < 4.78 is 47.7. The van der Waals surface area contributed by atoms with E-state index < -0.39 is 47.1 Å². The van der Waals surface area contributed by atoms with Crippen molar-refractivity contribution in [3.63, 3.8) is 0 Å². The van der Waals surface area contributed by atoms with Gasteiger partial charge in [-0.3, -0.25) is 9.59 Å². The highest BCUT2D eigenvalue weighted by Gasteiger charge is 2.28. The second kappa shape index (κ2) is 9.69. The van der Waals surface area contributed by atoms with Crippen molar-refractivity contribution in [2.75, 3.05) is 7.11 Å². The van der Waals surface area contributed by atoms with Crippen LogP contribution in [0, 0.1) is 24.4 Å². The zero-order chi connectivity index (χ0) is 25.3. The van der Waals surface area contributed by atoms with Crippen LogP contribution in [0.3, 0.4) is 0 Å². The largest absolute Gasteiger partial charge is 0.507 e. The van der Waals surface area contributed by atoms with Gasteiger partial charge in [-0.2, -0.15) is 0 Å². The fourth-order valence-electron chi connectivity index (χ4n) is 4.36. The van der Waals surface area contributed by atoms with Crippen molar-refractivity contribution in [1.82, 2.24) is 9.55 Å². The molecule has 0 aliphatic heterocycles. The second-order valence-electron chi connectivity index (χ2n) is 8.28. The smallest absolute Gasteiger partial charge is 0.306 e. The molecule has 182 valence electrons. The van der Waals surface area contributed by atoms with Gasteiger partial charge < -0.3 is 19.4 Å². The lowest BCUT2D eigenvalue weighted by Gasteiger charge is -2.21. The number of carbonyl (C=O) groups is 1. The van der Waals surface area contributed by atoms with E-state index in [9.17, 15) is 27.9 Å². The number of methoxy groups -OCH3 is 1. The maximum Gasteiger partial charge on any atom is 0.306 e. The number of aromatic hydroxyl groups is 1. The number of para-hydroxylation sites is 1. The lowest BCUT2D eigenvalue weighted by molar-refractivity contribution is -0.140. The summed E-state index contributed by atoms with van der Waals surface area (Å²) in [5.41, 5.74) is 1.37. The van der Waals surface area contributed by atoms with Gasteiger partial charge >= 0.3 is 5.97 Å². The Hall–Kier alpha value is -4.01. The molecule has 2 aromatic carbocycles. The van der Waals surface area contributed by atoms with Crippen LogP contribution in [0.25, 0.3) is 10.9 Å². The number of fused-ring (bicyclic) bond motifs is 1. The summed E-state index contributed by atoms with van der Waals surface area (Å²) >= 11 is 0. The van der Waals surface area contributed by atoms with Gasteiger partial charge in [-0.05, 0) is 48.7 Å². The molecule has 0 aliphatic carbocycles. The zero-order valence-corrected chi connectivity index (χ0v) is 19.1. The monoisotopic (exact) mass is 484 g/mol. The molecule has 2 N–H and O–H groups in total. The number of rotatable bonds is 7. The van der Waals surface area contributed by atoms with E-state index in [0.717, 1.165) is 23.6 Å². The number of benzene rings is 2. The van der Waals surface area contributed by atoms with Crippen LogP contribution >= 0.6 is 0 Å². The minimum atomic E-state index is -1.67. The predicted octanol–water partition coefficient (Wildman–Crippen LogP) is 4.70. The lowest BCUT2D eigenvalue weighted by Crippen LogP contribution is -2.29. The van der Waals surface area contributed by atoms with Gasteiger partial charge in [0.2, 0.25) is 0 Å². The van der Waals surface area contributed by atoms with Gasteiger partial charge in [-0.15, -0.1) is 0 Å². The number of esters is 1. The molecule has 2 aromatic heterocycles. The van der Waals surface area contributed by atoms with Gasteiger partial charge in [0.1, 0.15) is 5.75 Å². The molecule has 0 saturated heterocycles. The highest BCUT2D eigenvalue weighted by atomic mass is 19.2. The Morgan fingerprint density at radius 3 is 2.51 bits per heavy atom. The Kier molecular flexibility index (Phi) is 6.68. The Morgan fingerprint density at radius 2 is 1.83 bits per heavy atom. The molecule has 0 aliphatic rings. The first-order valence-electron chi connectivity index (χ1n) is 10.9. The highest BCUT2D eigenvalue weighted by Crippen LogP contribution is 2.34. The van der Waals surface area contributed by atoms with Crippen molar-refractivity contribution in [1.29, 1.82) is 0 Å². The Morgan fingerprint density at radius 1 is 1.14 bits per heavy atom. The molecular formula is C26H23F3N2O4. The number of ether oxygens (including phenoxy) is 1. The summed E-state index contributed by atoms with van der Waals surface area (Å²) in [4.78, 5) is 28.8. The van der Waals surface area contributed by atoms with Crippen LogP contribution in [0.1, 0.15) is 34.7 Å². The Bertz CT molecular complexity index is 1450. The van der Waals surface area contributed by atoms with Gasteiger partial charge in [0.15, 0.2) is 17.5 Å². The molecule has 0 radical (unpaired) electrons. The van der Waals surface area contributed by atoms with Gasteiger partial charge in [0.25, 0.3) is 5.56 Å². The average molecular weight is 484 g/mol. The third-order valence-electron chi connectivity index (χ3n) is 6.16. The van der Waals surface area contributed by atoms with Crippen molar-refractivity contribution >= 4 is 16.9 Å². The highest BCUT2D eigenvalue weighted by molar-refractivity contribution is 5.83. The molecular weight excluding hydrogens is 461 g/mol. The van der Waals surface area contributed by atoms with Gasteiger partial charge in [0, 0.05) is 35.3 Å². The summed E-state index contributed by atoms with van der Waals surface area (Å²) in [6.07, 6.45) is 1.85. The number of aryl methyl sites for hydroxylation is 2. The molecule has 2 heterocycles. The normalized spacial score (nSPS) is 12.1. The van der Waals surface area contributed by atoms with E-state index in [1.165, 1.54) is 10.6 Å². The number of hydrogen-bond donors (Lipinski definition) is 2. The standard InChI is InChI=1S/C26H23F3N2O4/c1-14-9-22(32)24(18(12-23(33)35-2)16-10-19(27)25(29)20(28)11-16)26(34)31(14)8-7-15-13-30-21-6-4-3-5-17(15)21/h3-6,9-11,13,18,30,32H,7-8,12H2,1-2H3/t18-/m1/s1. The quantitative estimate of drug-likeness (QED) is 0.294.